The lowest BCUT2D eigenvalue weighted by atomic mass is 10.1. The highest BCUT2D eigenvalue weighted by Crippen LogP contribution is 2.24. The molecule has 0 atom stereocenters. The monoisotopic (exact) mass is 291 g/mol. The van der Waals surface area contributed by atoms with Crippen LogP contribution in [0.4, 0.5) is 10.1 Å². The number of carbonyl (C=O) groups excluding carboxylic acids is 1. The van der Waals surface area contributed by atoms with E-state index in [0.29, 0.717) is 5.56 Å². The minimum absolute atomic E-state index is 0.276. The molecule has 5 nitrogen and oxygen atoms in total. The molecule has 0 heterocycles. The molecule has 1 aromatic carbocycles. The van der Waals surface area contributed by atoms with Crippen LogP contribution in [0.3, 0.4) is 0 Å². The van der Waals surface area contributed by atoms with Gasteiger partial charge in [0.1, 0.15) is 5.56 Å². The minimum atomic E-state index is -1.18. The molecule has 0 fully saturated rings. The SMILES string of the molecule is COC(=O)c1cc(CBr)cc([N+](=O)[O-])c1F. The predicted molar refractivity (Wildman–Crippen MR) is 57.0 cm³/mol. The molecule has 0 amide bonds. The fourth-order valence-corrected chi connectivity index (χ4v) is 1.46. The summed E-state index contributed by atoms with van der Waals surface area (Å²) in [5.41, 5.74) is -0.753. The Balaban J connectivity index is 3.43. The molecule has 0 aliphatic carbocycles. The Morgan fingerprint density at radius 2 is 2.25 bits per heavy atom. The second-order valence-electron chi connectivity index (χ2n) is 2.86. The number of esters is 1. The van der Waals surface area contributed by atoms with Crippen LogP contribution in [-0.2, 0) is 10.1 Å². The van der Waals surface area contributed by atoms with Gasteiger partial charge in [-0.25, -0.2) is 4.79 Å². The number of carbonyl (C=O) groups is 1. The van der Waals surface area contributed by atoms with Crippen LogP contribution in [0.2, 0.25) is 0 Å². The summed E-state index contributed by atoms with van der Waals surface area (Å²) in [6, 6.07) is 2.28. The Hall–Kier alpha value is -1.50. The zero-order chi connectivity index (χ0) is 12.3. The van der Waals surface area contributed by atoms with E-state index in [0.717, 1.165) is 13.2 Å². The Morgan fingerprint density at radius 1 is 1.62 bits per heavy atom. The first-order valence-electron chi connectivity index (χ1n) is 4.12. The quantitative estimate of drug-likeness (QED) is 0.371. The smallest absolute Gasteiger partial charge is 0.341 e. The summed E-state index contributed by atoms with van der Waals surface area (Å²) in [6.07, 6.45) is 0. The molecule has 0 aliphatic rings. The fraction of sp³-hybridized carbons (Fsp3) is 0.222. The highest BCUT2D eigenvalue weighted by Gasteiger charge is 2.23. The number of nitro benzene ring substituents is 1. The predicted octanol–water partition coefficient (Wildman–Crippen LogP) is 2.42. The first-order valence-corrected chi connectivity index (χ1v) is 5.24. The Labute approximate surface area is 98.5 Å². The number of nitrogens with zero attached hydrogens (tertiary/aromatic N) is 1. The van der Waals surface area contributed by atoms with Crippen LogP contribution in [0.25, 0.3) is 0 Å². The zero-order valence-corrected chi connectivity index (χ0v) is 9.78. The molecule has 0 saturated heterocycles. The lowest BCUT2D eigenvalue weighted by Gasteiger charge is -2.04. The molecular weight excluding hydrogens is 285 g/mol. The topological polar surface area (TPSA) is 69.4 Å². The van der Waals surface area contributed by atoms with Gasteiger partial charge in [-0.05, 0) is 11.6 Å². The first kappa shape index (κ1) is 12.6. The van der Waals surface area contributed by atoms with Crippen LogP contribution < -0.4 is 0 Å². The lowest BCUT2D eigenvalue weighted by molar-refractivity contribution is -0.387. The third kappa shape index (κ3) is 2.35. The van der Waals surface area contributed by atoms with E-state index in [2.05, 4.69) is 20.7 Å². The number of ether oxygens (including phenoxy) is 1. The third-order valence-electron chi connectivity index (χ3n) is 1.87. The van der Waals surface area contributed by atoms with Crippen molar-refractivity contribution in [2.75, 3.05) is 7.11 Å². The van der Waals surface area contributed by atoms with E-state index in [1.165, 1.54) is 6.07 Å². The van der Waals surface area contributed by atoms with Crippen LogP contribution in [0.15, 0.2) is 12.1 Å². The fourth-order valence-electron chi connectivity index (χ4n) is 1.14. The van der Waals surface area contributed by atoms with Gasteiger partial charge in [-0.3, -0.25) is 10.1 Å². The Morgan fingerprint density at radius 3 is 2.69 bits per heavy atom. The number of halogens is 2. The van der Waals surface area contributed by atoms with Gasteiger partial charge < -0.3 is 4.74 Å². The van der Waals surface area contributed by atoms with Gasteiger partial charge in [0.15, 0.2) is 0 Å². The van der Waals surface area contributed by atoms with Crippen molar-refractivity contribution in [2.24, 2.45) is 0 Å². The average molecular weight is 292 g/mol. The van der Waals surface area contributed by atoms with E-state index >= 15 is 0 Å². The summed E-state index contributed by atoms with van der Waals surface area (Å²) in [7, 11) is 1.08. The summed E-state index contributed by atoms with van der Waals surface area (Å²) in [5.74, 6) is -2.12. The zero-order valence-electron chi connectivity index (χ0n) is 8.20. The van der Waals surface area contributed by atoms with Crippen molar-refractivity contribution in [3.05, 3.63) is 39.2 Å². The van der Waals surface area contributed by atoms with Crippen molar-refractivity contribution in [1.82, 2.24) is 0 Å². The standard InChI is InChI=1S/C9H7BrFNO4/c1-16-9(13)6-2-5(4-10)3-7(8(6)11)12(14)15/h2-3H,4H2,1H3. The molecule has 0 spiro atoms. The first-order chi connectivity index (χ1) is 7.51. The molecule has 0 unspecified atom stereocenters. The maximum absolute atomic E-state index is 13.5. The summed E-state index contributed by atoms with van der Waals surface area (Å²) < 4.78 is 17.9. The molecule has 1 aromatic rings. The molecule has 0 radical (unpaired) electrons. The number of hydrogen-bond donors (Lipinski definition) is 0. The number of methoxy groups -OCH3 is 1. The van der Waals surface area contributed by atoms with Crippen molar-refractivity contribution >= 4 is 27.6 Å². The van der Waals surface area contributed by atoms with Gasteiger partial charge in [0.05, 0.1) is 12.0 Å². The summed E-state index contributed by atoms with van der Waals surface area (Å²) in [5, 5.41) is 10.8. The molecule has 1 rings (SSSR count). The van der Waals surface area contributed by atoms with E-state index in [4.69, 9.17) is 0 Å². The van der Waals surface area contributed by atoms with E-state index in [1.807, 2.05) is 0 Å². The van der Waals surface area contributed by atoms with Crippen molar-refractivity contribution in [3.63, 3.8) is 0 Å². The van der Waals surface area contributed by atoms with Crippen LogP contribution in [-0.4, -0.2) is 18.0 Å². The second-order valence-corrected chi connectivity index (χ2v) is 3.42. The highest BCUT2D eigenvalue weighted by atomic mass is 79.9. The number of hydrogen-bond acceptors (Lipinski definition) is 4. The maximum atomic E-state index is 13.5. The average Bonchev–Trinajstić information content (AvgIpc) is 2.28. The molecule has 0 bridgehead atoms. The largest absolute Gasteiger partial charge is 0.465 e. The Bertz CT molecular complexity index is 449. The molecular formula is C9H7BrFNO4. The van der Waals surface area contributed by atoms with E-state index in [1.54, 1.807) is 0 Å². The molecule has 0 aliphatic heterocycles. The summed E-state index contributed by atoms with van der Waals surface area (Å²) >= 11 is 3.07. The normalized spacial score (nSPS) is 9.94. The molecule has 0 aromatic heterocycles. The van der Waals surface area contributed by atoms with Crippen LogP contribution in [0, 0.1) is 15.9 Å². The van der Waals surface area contributed by atoms with E-state index in [9.17, 15) is 19.3 Å². The third-order valence-corrected chi connectivity index (χ3v) is 2.52. The van der Waals surface area contributed by atoms with E-state index in [-0.39, 0.29) is 5.33 Å². The van der Waals surface area contributed by atoms with Crippen LogP contribution >= 0.6 is 15.9 Å². The number of alkyl halides is 1. The molecule has 86 valence electrons. The van der Waals surface area contributed by atoms with Crippen molar-refractivity contribution in [1.29, 1.82) is 0 Å². The van der Waals surface area contributed by atoms with Crippen LogP contribution in [0.1, 0.15) is 15.9 Å². The number of benzene rings is 1. The highest BCUT2D eigenvalue weighted by molar-refractivity contribution is 9.08. The second kappa shape index (κ2) is 5.02. The van der Waals surface area contributed by atoms with Crippen molar-refractivity contribution < 1.29 is 18.8 Å². The van der Waals surface area contributed by atoms with Gasteiger partial charge >= 0.3 is 11.7 Å². The maximum Gasteiger partial charge on any atom is 0.341 e. The van der Waals surface area contributed by atoms with Crippen molar-refractivity contribution in [2.45, 2.75) is 5.33 Å². The lowest BCUT2D eigenvalue weighted by Crippen LogP contribution is -2.07. The van der Waals surface area contributed by atoms with Gasteiger partial charge in [0.2, 0.25) is 5.82 Å². The minimum Gasteiger partial charge on any atom is -0.465 e. The summed E-state index contributed by atoms with van der Waals surface area (Å²) in [4.78, 5) is 20.8. The molecule has 0 N–H and O–H groups in total. The Kier molecular flexibility index (Phi) is 3.94. The van der Waals surface area contributed by atoms with Gasteiger partial charge in [-0.2, -0.15) is 4.39 Å². The van der Waals surface area contributed by atoms with Crippen LogP contribution in [0.5, 0.6) is 0 Å². The van der Waals surface area contributed by atoms with Gasteiger partial charge in [-0.1, -0.05) is 15.9 Å². The van der Waals surface area contributed by atoms with Gasteiger partial charge in [0.25, 0.3) is 0 Å². The molecule has 0 saturated carbocycles. The van der Waals surface area contributed by atoms with Gasteiger partial charge in [0, 0.05) is 11.4 Å². The molecule has 7 heteroatoms. The molecule has 16 heavy (non-hydrogen) atoms. The summed E-state index contributed by atoms with van der Waals surface area (Å²) in [6.45, 7) is 0. The number of rotatable bonds is 3. The van der Waals surface area contributed by atoms with Crippen molar-refractivity contribution in [3.8, 4) is 0 Å². The van der Waals surface area contributed by atoms with E-state index < -0.39 is 28.0 Å². The number of nitro groups is 1. The van der Waals surface area contributed by atoms with Gasteiger partial charge in [-0.15, -0.1) is 0 Å².